The molecule has 0 saturated carbocycles. The number of anilines is 4. The van der Waals surface area contributed by atoms with Gasteiger partial charge >= 0.3 is 0 Å². The molecule has 0 radical (unpaired) electrons. The molecule has 39 heavy (non-hydrogen) atoms. The van der Waals surface area contributed by atoms with Crippen LogP contribution in [0.25, 0.3) is 22.2 Å². The number of aromatic amines is 1. The van der Waals surface area contributed by atoms with Crippen LogP contribution < -0.4 is 20.3 Å². The first kappa shape index (κ1) is 26.0. The minimum Gasteiger partial charge on any atom is -0.494 e. The first-order valence-electron chi connectivity index (χ1n) is 12.9. The Balaban J connectivity index is 1.52. The monoisotopic (exact) mass is 523 g/mol. The van der Waals surface area contributed by atoms with Crippen molar-refractivity contribution in [1.29, 1.82) is 0 Å². The number of hydrogen-bond acceptors (Lipinski definition) is 7. The van der Waals surface area contributed by atoms with Crippen LogP contribution in [-0.4, -0.2) is 66.1 Å². The molecule has 9 nitrogen and oxygen atoms in total. The van der Waals surface area contributed by atoms with Crippen molar-refractivity contribution in [1.82, 2.24) is 19.9 Å². The van der Waals surface area contributed by atoms with Crippen molar-refractivity contribution in [2.24, 2.45) is 0 Å². The lowest BCUT2D eigenvalue weighted by Gasteiger charge is -2.35. The van der Waals surface area contributed by atoms with Gasteiger partial charge in [0.1, 0.15) is 5.75 Å². The van der Waals surface area contributed by atoms with Gasteiger partial charge in [0.2, 0.25) is 11.9 Å². The number of hydrogen-bond donors (Lipinski definition) is 3. The van der Waals surface area contributed by atoms with Gasteiger partial charge in [0, 0.05) is 67.2 Å². The van der Waals surface area contributed by atoms with Gasteiger partial charge < -0.3 is 30.2 Å². The fourth-order valence-corrected chi connectivity index (χ4v) is 4.74. The van der Waals surface area contributed by atoms with Crippen LogP contribution in [0.5, 0.6) is 5.75 Å². The van der Waals surface area contributed by atoms with Gasteiger partial charge in [-0.3, -0.25) is 4.79 Å². The topological polar surface area (TPSA) is 98.4 Å². The highest BCUT2D eigenvalue weighted by Gasteiger charge is 2.21. The van der Waals surface area contributed by atoms with Crippen molar-refractivity contribution >= 4 is 39.8 Å². The molecular weight excluding hydrogens is 490 g/mol. The number of benzene rings is 2. The number of methoxy groups -OCH3 is 1. The summed E-state index contributed by atoms with van der Waals surface area (Å²) in [6.07, 6.45) is 8.41. The fourth-order valence-electron chi connectivity index (χ4n) is 4.74. The first-order chi connectivity index (χ1) is 19.0. The second-order valence-corrected chi connectivity index (χ2v) is 9.54. The quantitative estimate of drug-likeness (QED) is 0.218. The number of nitrogens with one attached hydrogen (secondary N) is 3. The summed E-state index contributed by atoms with van der Waals surface area (Å²) in [4.78, 5) is 29.9. The van der Waals surface area contributed by atoms with Crippen molar-refractivity contribution in [3.63, 3.8) is 0 Å². The van der Waals surface area contributed by atoms with Gasteiger partial charge in [-0.1, -0.05) is 36.9 Å². The third-order valence-corrected chi connectivity index (χ3v) is 6.87. The van der Waals surface area contributed by atoms with Gasteiger partial charge in [0.15, 0.2) is 0 Å². The molecule has 3 heterocycles. The average Bonchev–Trinajstić information content (AvgIpc) is 3.38. The Morgan fingerprint density at radius 1 is 1.15 bits per heavy atom. The van der Waals surface area contributed by atoms with Crippen molar-refractivity contribution < 1.29 is 9.53 Å². The van der Waals surface area contributed by atoms with Crippen LogP contribution in [0.4, 0.5) is 23.0 Å². The number of carbonyl (C=O) groups is 1. The predicted molar refractivity (Wildman–Crippen MR) is 158 cm³/mol. The number of aryl methyl sites for hydroxylation is 1. The Hall–Kier alpha value is -4.63. The molecule has 1 fully saturated rings. The molecule has 0 aliphatic carbocycles. The average molecular weight is 524 g/mol. The smallest absolute Gasteiger partial charge is 0.248 e. The molecule has 5 rings (SSSR count). The Kier molecular flexibility index (Phi) is 7.60. The molecule has 0 spiro atoms. The van der Waals surface area contributed by atoms with Crippen molar-refractivity contribution in [2.75, 3.05) is 55.9 Å². The van der Waals surface area contributed by atoms with E-state index in [1.165, 1.54) is 6.08 Å². The van der Waals surface area contributed by atoms with E-state index in [0.717, 1.165) is 59.6 Å². The molecule has 1 aliphatic rings. The first-order valence-corrected chi connectivity index (χ1v) is 12.9. The molecule has 3 N–H and O–H groups in total. The molecule has 0 bridgehead atoms. The number of aromatic nitrogens is 3. The van der Waals surface area contributed by atoms with E-state index in [9.17, 15) is 4.79 Å². The van der Waals surface area contributed by atoms with E-state index in [1.54, 1.807) is 25.5 Å². The van der Waals surface area contributed by atoms with Crippen molar-refractivity contribution in [3.05, 3.63) is 79.2 Å². The summed E-state index contributed by atoms with van der Waals surface area (Å²) in [6.45, 7) is 9.19. The van der Waals surface area contributed by atoms with Crippen LogP contribution in [0.3, 0.4) is 0 Å². The maximum absolute atomic E-state index is 12.7. The molecule has 1 amide bonds. The lowest BCUT2D eigenvalue weighted by molar-refractivity contribution is -0.111. The van der Waals surface area contributed by atoms with Gasteiger partial charge in [0.25, 0.3) is 0 Å². The molecule has 1 saturated heterocycles. The van der Waals surface area contributed by atoms with E-state index < -0.39 is 0 Å². The van der Waals surface area contributed by atoms with E-state index in [-0.39, 0.29) is 5.91 Å². The number of fused-ring (bicyclic) bond motifs is 1. The largest absolute Gasteiger partial charge is 0.494 e. The number of likely N-dealkylation sites (N-methyl/N-ethyl adjacent to an activating group) is 1. The lowest BCUT2D eigenvalue weighted by atomic mass is 10.1. The summed E-state index contributed by atoms with van der Waals surface area (Å²) < 4.78 is 5.78. The van der Waals surface area contributed by atoms with E-state index >= 15 is 0 Å². The highest BCUT2D eigenvalue weighted by atomic mass is 16.5. The Bertz CT molecular complexity index is 1530. The van der Waals surface area contributed by atoms with Gasteiger partial charge in [0.05, 0.1) is 29.9 Å². The summed E-state index contributed by atoms with van der Waals surface area (Å²) in [6, 6.07) is 12.0. The SMILES string of the molecule is C=C/C=C/C(=O)Nc1cc(Nc2ncc(C)c(-c3c[nH]c4ccccc34)n2)c(OC)cc1N1CCN(C)CC1. The minimum absolute atomic E-state index is 0.241. The maximum Gasteiger partial charge on any atom is 0.248 e. The molecule has 1 aliphatic heterocycles. The fraction of sp³-hybridized carbons (Fsp3) is 0.233. The number of allylic oxidation sites excluding steroid dienone is 2. The zero-order valence-electron chi connectivity index (χ0n) is 22.5. The van der Waals surface area contributed by atoms with E-state index in [0.29, 0.717) is 23.1 Å². The third-order valence-electron chi connectivity index (χ3n) is 6.87. The number of para-hydroxylation sites is 1. The summed E-state index contributed by atoms with van der Waals surface area (Å²) in [5.41, 5.74) is 6.07. The summed E-state index contributed by atoms with van der Waals surface area (Å²) in [7, 11) is 3.74. The second-order valence-electron chi connectivity index (χ2n) is 9.54. The predicted octanol–water partition coefficient (Wildman–Crippen LogP) is 5.12. The number of amides is 1. The molecule has 4 aromatic rings. The molecule has 200 valence electrons. The zero-order chi connectivity index (χ0) is 27.4. The van der Waals surface area contributed by atoms with Crippen LogP contribution in [0, 0.1) is 6.92 Å². The highest BCUT2D eigenvalue weighted by Crippen LogP contribution is 2.39. The van der Waals surface area contributed by atoms with Crippen LogP contribution in [-0.2, 0) is 4.79 Å². The highest BCUT2D eigenvalue weighted by molar-refractivity contribution is 6.02. The maximum atomic E-state index is 12.7. The number of nitrogens with zero attached hydrogens (tertiary/aromatic N) is 4. The number of rotatable bonds is 8. The number of ether oxygens (including phenoxy) is 1. The molecule has 2 aromatic carbocycles. The standard InChI is InChI=1S/C30H33N7O2/c1-5-6-11-28(38)33-24-16-25(27(39-4)17-26(24)37-14-12-36(3)13-15-37)34-30-32-18-20(2)29(35-30)22-19-31-23-10-8-7-9-21(22)23/h5-11,16-19,31H,1,12-15H2,2-4H3,(H,33,38)(H,32,34,35)/b11-6+. The van der Waals surface area contributed by atoms with E-state index in [1.807, 2.05) is 43.5 Å². The van der Waals surface area contributed by atoms with Gasteiger partial charge in [-0.05, 0) is 31.7 Å². The second kappa shape index (κ2) is 11.4. The van der Waals surface area contributed by atoms with E-state index in [2.05, 4.69) is 50.1 Å². The molecule has 2 aromatic heterocycles. The van der Waals surface area contributed by atoms with Crippen LogP contribution in [0.15, 0.2) is 73.6 Å². The molecule has 0 unspecified atom stereocenters. The zero-order valence-corrected chi connectivity index (χ0v) is 22.5. The van der Waals surface area contributed by atoms with Crippen LogP contribution >= 0.6 is 0 Å². The summed E-state index contributed by atoms with van der Waals surface area (Å²) in [5, 5.41) is 7.44. The van der Waals surface area contributed by atoms with Gasteiger partial charge in [-0.15, -0.1) is 0 Å². The molecular formula is C30H33N7O2. The lowest BCUT2D eigenvalue weighted by Crippen LogP contribution is -2.44. The van der Waals surface area contributed by atoms with Gasteiger partial charge in [-0.2, -0.15) is 0 Å². The van der Waals surface area contributed by atoms with Crippen LogP contribution in [0.1, 0.15) is 5.56 Å². The Morgan fingerprint density at radius 2 is 1.95 bits per heavy atom. The number of piperazine rings is 1. The third kappa shape index (κ3) is 5.63. The molecule has 9 heteroatoms. The van der Waals surface area contributed by atoms with Crippen molar-refractivity contribution in [3.8, 4) is 17.0 Å². The molecule has 0 atom stereocenters. The number of carbonyl (C=O) groups excluding carboxylic acids is 1. The Labute approximate surface area is 228 Å². The van der Waals surface area contributed by atoms with Gasteiger partial charge in [-0.25, -0.2) is 9.97 Å². The van der Waals surface area contributed by atoms with Crippen molar-refractivity contribution in [2.45, 2.75) is 6.92 Å². The number of H-pyrrole nitrogens is 1. The minimum atomic E-state index is -0.241. The summed E-state index contributed by atoms with van der Waals surface area (Å²) >= 11 is 0. The summed E-state index contributed by atoms with van der Waals surface area (Å²) in [5.74, 6) is 0.811. The Morgan fingerprint density at radius 3 is 2.72 bits per heavy atom. The van der Waals surface area contributed by atoms with E-state index in [4.69, 9.17) is 9.72 Å². The normalized spacial score (nSPS) is 14.1. The van der Waals surface area contributed by atoms with Crippen LogP contribution in [0.2, 0.25) is 0 Å².